The van der Waals surface area contributed by atoms with Gasteiger partial charge in [0.15, 0.2) is 0 Å². The number of methoxy groups -OCH3 is 1. The Morgan fingerprint density at radius 2 is 1.89 bits per heavy atom. The standard InChI is InChI=1S/C11H19O6P/c1-4-16-18(14,17-5-2)10-8(11(13)15-3)6-7-9(10)12/h8,10H,4-7H2,1-3H3/t8-,10+/m0/s1. The van der Waals surface area contributed by atoms with E-state index in [4.69, 9.17) is 9.05 Å². The van der Waals surface area contributed by atoms with E-state index in [1.54, 1.807) is 13.8 Å². The molecule has 1 fully saturated rings. The number of carbonyl (C=O) groups is 2. The first kappa shape index (κ1) is 15.3. The van der Waals surface area contributed by atoms with Gasteiger partial charge in [-0.1, -0.05) is 0 Å². The molecular weight excluding hydrogens is 259 g/mol. The van der Waals surface area contributed by atoms with E-state index in [-0.39, 0.29) is 25.4 Å². The van der Waals surface area contributed by atoms with Crippen molar-refractivity contribution >= 4 is 19.3 Å². The van der Waals surface area contributed by atoms with Crippen LogP contribution in [0.25, 0.3) is 0 Å². The van der Waals surface area contributed by atoms with Gasteiger partial charge in [0.1, 0.15) is 11.4 Å². The Labute approximate surface area is 107 Å². The monoisotopic (exact) mass is 278 g/mol. The van der Waals surface area contributed by atoms with E-state index < -0.39 is 25.1 Å². The van der Waals surface area contributed by atoms with Crippen LogP contribution in [0.1, 0.15) is 26.7 Å². The largest absolute Gasteiger partial charge is 0.469 e. The lowest BCUT2D eigenvalue weighted by Crippen LogP contribution is -2.30. The molecule has 2 atom stereocenters. The van der Waals surface area contributed by atoms with Gasteiger partial charge < -0.3 is 13.8 Å². The molecule has 0 aromatic rings. The van der Waals surface area contributed by atoms with Crippen molar-refractivity contribution in [3.05, 3.63) is 0 Å². The topological polar surface area (TPSA) is 78.9 Å². The summed E-state index contributed by atoms with van der Waals surface area (Å²) >= 11 is 0. The first-order chi connectivity index (χ1) is 8.50. The summed E-state index contributed by atoms with van der Waals surface area (Å²) in [5, 5.41) is 0. The third-order valence-electron chi connectivity index (χ3n) is 2.88. The van der Waals surface area contributed by atoms with E-state index in [1.165, 1.54) is 7.11 Å². The highest BCUT2D eigenvalue weighted by atomic mass is 31.2. The molecule has 0 N–H and O–H groups in total. The Morgan fingerprint density at radius 1 is 1.33 bits per heavy atom. The molecule has 6 nitrogen and oxygen atoms in total. The summed E-state index contributed by atoms with van der Waals surface area (Å²) in [6.45, 7) is 3.65. The normalized spacial score (nSPS) is 24.3. The van der Waals surface area contributed by atoms with Gasteiger partial charge in [-0.2, -0.15) is 0 Å². The third-order valence-corrected chi connectivity index (χ3v) is 5.44. The Hall–Kier alpha value is -0.710. The van der Waals surface area contributed by atoms with Crippen LogP contribution < -0.4 is 0 Å². The van der Waals surface area contributed by atoms with Crippen molar-refractivity contribution in [2.45, 2.75) is 32.3 Å². The van der Waals surface area contributed by atoms with Crippen molar-refractivity contribution in [2.75, 3.05) is 20.3 Å². The van der Waals surface area contributed by atoms with Gasteiger partial charge in [0.25, 0.3) is 0 Å². The van der Waals surface area contributed by atoms with Crippen molar-refractivity contribution in [3.8, 4) is 0 Å². The van der Waals surface area contributed by atoms with Crippen LogP contribution in [0.4, 0.5) is 0 Å². The minimum atomic E-state index is -3.60. The fourth-order valence-electron chi connectivity index (χ4n) is 2.18. The number of hydrogen-bond donors (Lipinski definition) is 0. The number of esters is 1. The summed E-state index contributed by atoms with van der Waals surface area (Å²) in [5.74, 6) is -1.52. The zero-order chi connectivity index (χ0) is 13.8. The second-order valence-electron chi connectivity index (χ2n) is 3.95. The van der Waals surface area contributed by atoms with Crippen LogP contribution in [-0.2, 0) is 27.9 Å². The number of rotatable bonds is 6. The van der Waals surface area contributed by atoms with Crippen molar-refractivity contribution in [2.24, 2.45) is 5.92 Å². The molecule has 1 aliphatic rings. The Balaban J connectivity index is 3.03. The molecule has 0 aliphatic heterocycles. The van der Waals surface area contributed by atoms with Crippen LogP contribution in [0.15, 0.2) is 0 Å². The summed E-state index contributed by atoms with van der Waals surface area (Å²) in [4.78, 5) is 23.5. The van der Waals surface area contributed by atoms with Gasteiger partial charge in [-0.05, 0) is 20.3 Å². The molecule has 0 heterocycles. The van der Waals surface area contributed by atoms with E-state index in [9.17, 15) is 14.2 Å². The van der Waals surface area contributed by atoms with E-state index in [2.05, 4.69) is 4.74 Å². The average molecular weight is 278 g/mol. The summed E-state index contributed by atoms with van der Waals surface area (Å²) in [5.41, 5.74) is -1.02. The summed E-state index contributed by atoms with van der Waals surface area (Å²) in [6, 6.07) is 0. The van der Waals surface area contributed by atoms with Crippen molar-refractivity contribution in [1.82, 2.24) is 0 Å². The number of hydrogen-bond acceptors (Lipinski definition) is 6. The van der Waals surface area contributed by atoms with E-state index in [0.29, 0.717) is 6.42 Å². The molecule has 0 amide bonds. The van der Waals surface area contributed by atoms with E-state index in [1.807, 2.05) is 0 Å². The molecule has 0 aromatic carbocycles. The van der Waals surface area contributed by atoms with E-state index in [0.717, 1.165) is 0 Å². The molecule has 1 rings (SSSR count). The molecule has 1 aliphatic carbocycles. The first-order valence-corrected chi connectivity index (χ1v) is 7.60. The lowest BCUT2D eigenvalue weighted by molar-refractivity contribution is -0.145. The Kier molecular flexibility index (Phi) is 5.50. The van der Waals surface area contributed by atoms with Crippen LogP contribution in [0, 0.1) is 5.92 Å². The molecule has 0 radical (unpaired) electrons. The SMILES string of the molecule is CCOP(=O)(OCC)[C@H]1C(=O)CC[C@@H]1C(=O)OC. The number of ketones is 1. The van der Waals surface area contributed by atoms with Crippen molar-refractivity contribution < 1.29 is 27.9 Å². The predicted molar refractivity (Wildman–Crippen MR) is 64.4 cm³/mol. The minimum Gasteiger partial charge on any atom is -0.469 e. The fourth-order valence-corrected chi connectivity index (χ4v) is 4.49. The third kappa shape index (κ3) is 2.99. The molecule has 0 spiro atoms. The van der Waals surface area contributed by atoms with Crippen molar-refractivity contribution in [1.29, 1.82) is 0 Å². The van der Waals surface area contributed by atoms with Gasteiger partial charge >= 0.3 is 13.6 Å². The molecule has 104 valence electrons. The fraction of sp³-hybridized carbons (Fsp3) is 0.818. The molecule has 0 bridgehead atoms. The lowest BCUT2D eigenvalue weighted by atomic mass is 10.1. The molecule has 7 heteroatoms. The lowest BCUT2D eigenvalue weighted by Gasteiger charge is -2.25. The Morgan fingerprint density at radius 3 is 2.33 bits per heavy atom. The highest BCUT2D eigenvalue weighted by Crippen LogP contribution is 2.58. The van der Waals surface area contributed by atoms with E-state index >= 15 is 0 Å². The summed E-state index contributed by atoms with van der Waals surface area (Å²) in [6.07, 6.45) is 0.537. The molecule has 0 unspecified atom stereocenters. The van der Waals surface area contributed by atoms with Crippen LogP contribution in [-0.4, -0.2) is 37.7 Å². The van der Waals surface area contributed by atoms with Crippen LogP contribution in [0.3, 0.4) is 0 Å². The van der Waals surface area contributed by atoms with Gasteiger partial charge in [-0.3, -0.25) is 14.2 Å². The highest BCUT2D eigenvalue weighted by molar-refractivity contribution is 7.55. The van der Waals surface area contributed by atoms with Gasteiger partial charge in [0.2, 0.25) is 0 Å². The predicted octanol–water partition coefficient (Wildman–Crippen LogP) is 1.77. The molecule has 18 heavy (non-hydrogen) atoms. The molecule has 0 saturated heterocycles. The maximum Gasteiger partial charge on any atom is 0.341 e. The Bertz CT molecular complexity index is 357. The van der Waals surface area contributed by atoms with Gasteiger partial charge in [-0.25, -0.2) is 0 Å². The number of carbonyl (C=O) groups excluding carboxylic acids is 2. The van der Waals surface area contributed by atoms with Crippen LogP contribution in [0.2, 0.25) is 0 Å². The maximum atomic E-state index is 12.6. The van der Waals surface area contributed by atoms with Gasteiger partial charge in [-0.15, -0.1) is 0 Å². The highest BCUT2D eigenvalue weighted by Gasteiger charge is 2.52. The smallest absolute Gasteiger partial charge is 0.341 e. The zero-order valence-electron chi connectivity index (χ0n) is 10.9. The molecular formula is C11H19O6P. The average Bonchev–Trinajstić information content (AvgIpc) is 2.71. The quantitative estimate of drug-likeness (QED) is 0.544. The maximum absolute atomic E-state index is 12.6. The summed E-state index contributed by atoms with van der Waals surface area (Å²) < 4.78 is 27.5. The first-order valence-electron chi connectivity index (χ1n) is 5.99. The second kappa shape index (κ2) is 6.45. The number of Topliss-reactive ketones (excluding diaryl/α,β-unsaturated/α-hetero) is 1. The second-order valence-corrected chi connectivity index (χ2v) is 6.11. The van der Waals surface area contributed by atoms with Crippen LogP contribution >= 0.6 is 7.60 Å². The minimum absolute atomic E-state index is 0.162. The zero-order valence-corrected chi connectivity index (χ0v) is 11.8. The number of ether oxygens (including phenoxy) is 1. The summed E-state index contributed by atoms with van der Waals surface area (Å²) in [7, 11) is -2.35. The molecule has 1 saturated carbocycles. The molecule has 0 aromatic heterocycles. The van der Waals surface area contributed by atoms with Gasteiger partial charge in [0, 0.05) is 6.42 Å². The van der Waals surface area contributed by atoms with Crippen LogP contribution in [0.5, 0.6) is 0 Å². The van der Waals surface area contributed by atoms with Crippen molar-refractivity contribution in [3.63, 3.8) is 0 Å². The van der Waals surface area contributed by atoms with Gasteiger partial charge in [0.05, 0.1) is 26.2 Å².